The van der Waals surface area contributed by atoms with Crippen LogP contribution in [0.4, 0.5) is 5.69 Å². The van der Waals surface area contributed by atoms with Crippen molar-refractivity contribution in [3.8, 4) is 0 Å². The van der Waals surface area contributed by atoms with Crippen LogP contribution in [0.2, 0.25) is 0 Å². The topological polar surface area (TPSA) is 86.8 Å². The van der Waals surface area contributed by atoms with Gasteiger partial charge in [-0.1, -0.05) is 76.8 Å². The van der Waals surface area contributed by atoms with Crippen LogP contribution in [0.5, 0.6) is 0 Å². The van der Waals surface area contributed by atoms with E-state index in [1.54, 1.807) is 37.3 Å². The number of carbonyl (C=O) groups is 2. The lowest BCUT2D eigenvalue weighted by molar-refractivity contribution is -0.139. The van der Waals surface area contributed by atoms with Crippen molar-refractivity contribution < 1.29 is 18.0 Å². The van der Waals surface area contributed by atoms with Gasteiger partial charge >= 0.3 is 0 Å². The van der Waals surface area contributed by atoms with E-state index in [0.717, 1.165) is 45.6 Å². The number of anilines is 1. The van der Waals surface area contributed by atoms with Gasteiger partial charge in [0, 0.05) is 17.1 Å². The van der Waals surface area contributed by atoms with E-state index >= 15 is 0 Å². The van der Waals surface area contributed by atoms with Crippen molar-refractivity contribution in [3.63, 3.8) is 0 Å². The first-order chi connectivity index (χ1) is 18.6. The smallest absolute Gasteiger partial charge is 0.264 e. The van der Waals surface area contributed by atoms with Crippen LogP contribution in [-0.4, -0.2) is 43.8 Å². The van der Waals surface area contributed by atoms with Crippen LogP contribution in [0.3, 0.4) is 0 Å². The number of nitrogens with zero attached hydrogens (tertiary/aromatic N) is 2. The highest BCUT2D eigenvalue weighted by Gasteiger charge is 2.33. The van der Waals surface area contributed by atoms with Gasteiger partial charge in [0.15, 0.2) is 0 Å². The summed E-state index contributed by atoms with van der Waals surface area (Å²) in [6, 6.07) is 21.9. The number of hydrogen-bond donors (Lipinski definition) is 1. The van der Waals surface area contributed by atoms with E-state index in [1.807, 2.05) is 43.3 Å². The lowest BCUT2D eigenvalue weighted by Gasteiger charge is -2.32. The van der Waals surface area contributed by atoms with E-state index < -0.39 is 28.5 Å². The first-order valence-corrected chi connectivity index (χ1v) is 15.4. The Kier molecular flexibility index (Phi) is 9.45. The van der Waals surface area contributed by atoms with E-state index in [4.69, 9.17) is 0 Å². The molecular weight excluding hydrogens is 578 g/mol. The van der Waals surface area contributed by atoms with Gasteiger partial charge in [-0.25, -0.2) is 8.42 Å². The molecule has 0 unspecified atom stereocenters. The predicted molar refractivity (Wildman–Crippen MR) is 157 cm³/mol. The van der Waals surface area contributed by atoms with E-state index in [2.05, 4.69) is 21.2 Å². The Hall–Kier alpha value is -3.17. The highest BCUT2D eigenvalue weighted by atomic mass is 79.9. The highest BCUT2D eigenvalue weighted by molar-refractivity contribution is 9.10. The summed E-state index contributed by atoms with van der Waals surface area (Å²) in [5.74, 6) is -0.702. The van der Waals surface area contributed by atoms with Crippen molar-refractivity contribution in [3.05, 3.63) is 94.5 Å². The zero-order valence-corrected chi connectivity index (χ0v) is 24.6. The second-order valence-corrected chi connectivity index (χ2v) is 12.8. The number of amides is 2. The Morgan fingerprint density at radius 2 is 1.56 bits per heavy atom. The molecule has 1 aliphatic rings. The van der Waals surface area contributed by atoms with Gasteiger partial charge in [-0.3, -0.25) is 13.9 Å². The van der Waals surface area contributed by atoms with Gasteiger partial charge in [-0.15, -0.1) is 0 Å². The second kappa shape index (κ2) is 12.8. The summed E-state index contributed by atoms with van der Waals surface area (Å²) in [6.45, 7) is 3.33. The molecule has 1 saturated carbocycles. The third-order valence-corrected chi connectivity index (χ3v) is 9.38. The average Bonchev–Trinajstić information content (AvgIpc) is 3.45. The number of aryl methyl sites for hydroxylation is 1. The van der Waals surface area contributed by atoms with Crippen LogP contribution in [0.15, 0.2) is 88.2 Å². The van der Waals surface area contributed by atoms with Crippen LogP contribution in [0, 0.1) is 6.92 Å². The molecule has 3 aromatic carbocycles. The monoisotopic (exact) mass is 611 g/mol. The molecule has 0 saturated heterocycles. The molecule has 39 heavy (non-hydrogen) atoms. The van der Waals surface area contributed by atoms with Crippen molar-refractivity contribution in [1.29, 1.82) is 0 Å². The Balaban J connectivity index is 1.66. The number of rotatable bonds is 10. The maximum atomic E-state index is 14.0. The predicted octanol–water partition coefficient (Wildman–Crippen LogP) is 5.43. The normalized spacial score (nSPS) is 14.5. The molecule has 0 bridgehead atoms. The summed E-state index contributed by atoms with van der Waals surface area (Å²) in [6.07, 6.45) is 4.00. The molecule has 0 spiro atoms. The molecule has 1 atom stereocenters. The lowest BCUT2D eigenvalue weighted by Crippen LogP contribution is -2.52. The van der Waals surface area contributed by atoms with Crippen molar-refractivity contribution in [2.75, 3.05) is 10.8 Å². The number of carbonyl (C=O) groups excluding carboxylic acids is 2. The molecule has 0 heterocycles. The van der Waals surface area contributed by atoms with Crippen LogP contribution in [0.1, 0.15) is 43.7 Å². The van der Waals surface area contributed by atoms with Crippen molar-refractivity contribution >= 4 is 43.5 Å². The number of nitrogens with one attached hydrogen (secondary N) is 1. The Morgan fingerprint density at radius 3 is 2.18 bits per heavy atom. The van der Waals surface area contributed by atoms with Gasteiger partial charge in [0.2, 0.25) is 11.8 Å². The van der Waals surface area contributed by atoms with Gasteiger partial charge in [0.05, 0.1) is 10.6 Å². The highest BCUT2D eigenvalue weighted by Crippen LogP contribution is 2.25. The molecule has 1 aliphatic carbocycles. The molecule has 0 aliphatic heterocycles. The maximum Gasteiger partial charge on any atom is 0.264 e. The van der Waals surface area contributed by atoms with Gasteiger partial charge in [-0.05, 0) is 68.7 Å². The summed E-state index contributed by atoms with van der Waals surface area (Å²) in [4.78, 5) is 28.8. The van der Waals surface area contributed by atoms with Crippen LogP contribution < -0.4 is 9.62 Å². The fourth-order valence-corrected chi connectivity index (χ4v) is 6.42. The van der Waals surface area contributed by atoms with E-state index in [9.17, 15) is 18.0 Å². The van der Waals surface area contributed by atoms with Crippen molar-refractivity contribution in [1.82, 2.24) is 10.2 Å². The minimum Gasteiger partial charge on any atom is -0.352 e. The largest absolute Gasteiger partial charge is 0.352 e. The summed E-state index contributed by atoms with van der Waals surface area (Å²) in [5.41, 5.74) is 2.18. The minimum absolute atomic E-state index is 0.0878. The Morgan fingerprint density at radius 1 is 0.949 bits per heavy atom. The quantitative estimate of drug-likeness (QED) is 0.331. The molecule has 7 nitrogen and oxygen atoms in total. The molecular formula is C30H34BrN3O4S. The number of halogens is 1. The molecule has 1 N–H and O–H groups in total. The first-order valence-electron chi connectivity index (χ1n) is 13.1. The van der Waals surface area contributed by atoms with Crippen LogP contribution in [-0.2, 0) is 26.2 Å². The Bertz CT molecular complexity index is 1370. The van der Waals surface area contributed by atoms with Gasteiger partial charge in [-0.2, -0.15) is 0 Å². The zero-order valence-electron chi connectivity index (χ0n) is 22.2. The minimum atomic E-state index is -4.06. The lowest BCUT2D eigenvalue weighted by atomic mass is 10.1. The molecule has 206 valence electrons. The zero-order chi connectivity index (χ0) is 28.0. The van der Waals surface area contributed by atoms with Gasteiger partial charge in [0.1, 0.15) is 12.6 Å². The molecule has 2 amide bonds. The van der Waals surface area contributed by atoms with Gasteiger partial charge in [0.25, 0.3) is 10.0 Å². The summed E-state index contributed by atoms with van der Waals surface area (Å²) >= 11 is 3.43. The second-order valence-electron chi connectivity index (χ2n) is 9.97. The first kappa shape index (κ1) is 28.8. The van der Waals surface area contributed by atoms with Gasteiger partial charge < -0.3 is 10.2 Å². The maximum absolute atomic E-state index is 14.0. The third-order valence-electron chi connectivity index (χ3n) is 7.07. The average molecular weight is 613 g/mol. The fourth-order valence-electron chi connectivity index (χ4n) is 4.72. The number of sulfonamides is 1. The number of benzene rings is 3. The number of hydrogen-bond acceptors (Lipinski definition) is 4. The third kappa shape index (κ3) is 7.28. The summed E-state index contributed by atoms with van der Waals surface area (Å²) in [7, 11) is -4.06. The van der Waals surface area contributed by atoms with E-state index in [-0.39, 0.29) is 23.4 Å². The standard InChI is InChI=1S/C30H34BrN3O4S/c1-22-12-18-27(19-13-22)34(39(37,38)28-10-4-3-5-11-28)21-29(35)33(20-24-14-16-25(31)17-15-24)23(2)30(36)32-26-8-6-7-9-26/h3-5,10-19,23,26H,6-9,20-21H2,1-2H3,(H,32,36)/t23-/m1/s1. The van der Waals surface area contributed by atoms with E-state index in [1.165, 1.54) is 17.0 Å². The molecule has 4 rings (SSSR count). The molecule has 0 radical (unpaired) electrons. The van der Waals surface area contributed by atoms with Crippen LogP contribution in [0.25, 0.3) is 0 Å². The molecule has 9 heteroatoms. The van der Waals surface area contributed by atoms with Crippen LogP contribution >= 0.6 is 15.9 Å². The Labute approximate surface area is 239 Å². The summed E-state index contributed by atoms with van der Waals surface area (Å²) < 4.78 is 29.6. The van der Waals surface area contributed by atoms with E-state index in [0.29, 0.717) is 5.69 Å². The summed E-state index contributed by atoms with van der Waals surface area (Å²) in [5, 5.41) is 3.08. The molecule has 1 fully saturated rings. The van der Waals surface area contributed by atoms with Crippen molar-refractivity contribution in [2.45, 2.75) is 63.1 Å². The SMILES string of the molecule is Cc1ccc(N(CC(=O)N(Cc2ccc(Br)cc2)[C@H](C)C(=O)NC2CCCC2)S(=O)(=O)c2ccccc2)cc1. The van der Waals surface area contributed by atoms with Crippen molar-refractivity contribution in [2.24, 2.45) is 0 Å². The molecule has 3 aromatic rings. The molecule has 0 aromatic heterocycles. The fraction of sp³-hybridized carbons (Fsp3) is 0.333.